The second-order valence-corrected chi connectivity index (χ2v) is 7.20. The number of nitrogens with zero attached hydrogens (tertiary/aromatic N) is 3. The molecule has 29 heavy (non-hydrogen) atoms. The van der Waals surface area contributed by atoms with Gasteiger partial charge in [-0.1, -0.05) is 12.1 Å². The number of likely N-dealkylation sites (tertiary alicyclic amines) is 1. The topological polar surface area (TPSA) is 80.5 Å². The van der Waals surface area contributed by atoms with Crippen molar-refractivity contribution < 1.29 is 9.66 Å². The summed E-state index contributed by atoms with van der Waals surface area (Å²) in [5, 5.41) is 15.4. The lowest BCUT2D eigenvalue weighted by atomic mass is 10.0. The van der Waals surface area contributed by atoms with Crippen molar-refractivity contribution >= 4 is 22.3 Å². The molecule has 1 fully saturated rings. The van der Waals surface area contributed by atoms with Crippen LogP contribution in [0.3, 0.4) is 0 Å². The second kappa shape index (κ2) is 8.45. The second-order valence-electron chi connectivity index (χ2n) is 7.20. The van der Waals surface area contributed by atoms with Crippen LogP contribution in [-0.4, -0.2) is 41.6 Å². The lowest BCUT2D eigenvalue weighted by Gasteiger charge is -2.29. The van der Waals surface area contributed by atoms with Crippen LogP contribution in [0.2, 0.25) is 0 Å². The molecule has 0 bridgehead atoms. The number of hydrogen-bond acceptors (Lipinski definition) is 6. The van der Waals surface area contributed by atoms with Crippen LogP contribution in [-0.2, 0) is 0 Å². The molecule has 4 rings (SSSR count). The molecule has 3 aromatic rings. The molecule has 2 heterocycles. The van der Waals surface area contributed by atoms with E-state index in [1.807, 2.05) is 12.1 Å². The molecule has 0 amide bonds. The van der Waals surface area contributed by atoms with E-state index in [1.54, 1.807) is 37.6 Å². The molecule has 1 unspecified atom stereocenters. The van der Waals surface area contributed by atoms with Gasteiger partial charge in [-0.15, -0.1) is 0 Å². The summed E-state index contributed by atoms with van der Waals surface area (Å²) in [7, 11) is 1.67. The molecule has 7 nitrogen and oxygen atoms in total. The minimum Gasteiger partial charge on any atom is -0.497 e. The summed E-state index contributed by atoms with van der Waals surface area (Å²) in [5.74, 6) is 0.840. The Bertz CT molecular complexity index is 1000. The Morgan fingerprint density at radius 2 is 1.93 bits per heavy atom. The van der Waals surface area contributed by atoms with E-state index in [-0.39, 0.29) is 16.7 Å². The van der Waals surface area contributed by atoms with Crippen molar-refractivity contribution in [1.29, 1.82) is 0 Å². The van der Waals surface area contributed by atoms with Crippen molar-refractivity contribution in [3.05, 3.63) is 70.4 Å². The predicted octanol–water partition coefficient (Wildman–Crippen LogP) is 4.40. The molecule has 1 aliphatic rings. The fraction of sp³-hybridized carbons (Fsp3) is 0.318. The Morgan fingerprint density at radius 3 is 2.62 bits per heavy atom. The van der Waals surface area contributed by atoms with Gasteiger partial charge in [-0.2, -0.15) is 0 Å². The minimum absolute atomic E-state index is 0.0740. The number of methoxy groups -OCH3 is 1. The highest BCUT2D eigenvalue weighted by molar-refractivity contribution is 5.96. The van der Waals surface area contributed by atoms with Crippen LogP contribution in [0, 0.1) is 10.1 Å². The first-order valence-corrected chi connectivity index (χ1v) is 9.81. The Kier molecular flexibility index (Phi) is 5.57. The van der Waals surface area contributed by atoms with Gasteiger partial charge in [-0.3, -0.25) is 20.0 Å². The standard InChI is InChI=1S/C22H24N4O3/c1-29-17-8-6-16(7-9-17)21(25-13-2-3-14-25)15-24-19-10-11-20(26(27)28)18-5-4-12-23-22(18)19/h4-12,21,24H,2-3,13-15H2,1H3. The number of aromatic nitrogens is 1. The van der Waals surface area contributed by atoms with E-state index in [0.29, 0.717) is 17.4 Å². The van der Waals surface area contributed by atoms with E-state index in [2.05, 4.69) is 27.3 Å². The summed E-state index contributed by atoms with van der Waals surface area (Å²) >= 11 is 0. The predicted molar refractivity (Wildman–Crippen MR) is 113 cm³/mol. The number of benzene rings is 2. The van der Waals surface area contributed by atoms with Gasteiger partial charge in [0.15, 0.2) is 0 Å². The fourth-order valence-corrected chi connectivity index (χ4v) is 4.00. The summed E-state index contributed by atoms with van der Waals surface area (Å²) in [5.41, 5.74) is 2.73. The Morgan fingerprint density at radius 1 is 1.17 bits per heavy atom. The molecule has 1 atom stereocenters. The Labute approximate surface area is 169 Å². The number of pyridine rings is 1. The van der Waals surface area contributed by atoms with Crippen molar-refractivity contribution in [2.75, 3.05) is 32.1 Å². The molecule has 0 radical (unpaired) electrons. The number of nitro groups is 1. The molecule has 1 N–H and O–H groups in total. The van der Waals surface area contributed by atoms with Crippen molar-refractivity contribution in [3.63, 3.8) is 0 Å². The molecule has 1 saturated heterocycles. The van der Waals surface area contributed by atoms with Crippen LogP contribution in [0.15, 0.2) is 54.7 Å². The van der Waals surface area contributed by atoms with Gasteiger partial charge < -0.3 is 10.1 Å². The Balaban J connectivity index is 1.62. The largest absolute Gasteiger partial charge is 0.497 e. The molecule has 1 aliphatic heterocycles. The van der Waals surface area contributed by atoms with E-state index in [9.17, 15) is 10.1 Å². The van der Waals surface area contributed by atoms with Gasteiger partial charge in [0.25, 0.3) is 5.69 Å². The summed E-state index contributed by atoms with van der Waals surface area (Å²) in [6.07, 6.45) is 4.07. The average molecular weight is 392 g/mol. The first kappa shape index (κ1) is 19.1. The molecule has 1 aromatic heterocycles. The highest BCUT2D eigenvalue weighted by Crippen LogP contribution is 2.32. The number of hydrogen-bond donors (Lipinski definition) is 1. The number of ether oxygens (including phenoxy) is 1. The van der Waals surface area contributed by atoms with Crippen molar-refractivity contribution in [1.82, 2.24) is 9.88 Å². The van der Waals surface area contributed by atoms with Crippen LogP contribution < -0.4 is 10.1 Å². The first-order chi connectivity index (χ1) is 14.2. The van der Waals surface area contributed by atoms with Gasteiger partial charge in [0, 0.05) is 18.8 Å². The normalized spacial score (nSPS) is 15.3. The third kappa shape index (κ3) is 4.00. The van der Waals surface area contributed by atoms with Crippen molar-refractivity contribution in [2.45, 2.75) is 18.9 Å². The monoisotopic (exact) mass is 392 g/mol. The first-order valence-electron chi connectivity index (χ1n) is 9.81. The maximum Gasteiger partial charge on any atom is 0.278 e. The third-order valence-electron chi connectivity index (χ3n) is 5.51. The van der Waals surface area contributed by atoms with Crippen LogP contribution in [0.4, 0.5) is 11.4 Å². The molecule has 2 aromatic carbocycles. The van der Waals surface area contributed by atoms with E-state index < -0.39 is 0 Å². The SMILES string of the molecule is COc1ccc(C(CNc2ccc([N+](=O)[O-])c3cccnc23)N2CCCC2)cc1. The zero-order valence-electron chi connectivity index (χ0n) is 16.4. The molecule has 0 aliphatic carbocycles. The summed E-state index contributed by atoms with van der Waals surface area (Å²) in [4.78, 5) is 17.9. The third-order valence-corrected chi connectivity index (χ3v) is 5.51. The molecular weight excluding hydrogens is 368 g/mol. The molecule has 7 heteroatoms. The average Bonchev–Trinajstić information content (AvgIpc) is 3.28. The zero-order chi connectivity index (χ0) is 20.2. The van der Waals surface area contributed by atoms with Crippen molar-refractivity contribution in [2.24, 2.45) is 0 Å². The molecule has 0 saturated carbocycles. The highest BCUT2D eigenvalue weighted by Gasteiger charge is 2.24. The van der Waals surface area contributed by atoms with Gasteiger partial charge in [0.2, 0.25) is 0 Å². The number of rotatable bonds is 7. The van der Waals surface area contributed by atoms with Crippen LogP contribution in [0.25, 0.3) is 10.9 Å². The van der Waals surface area contributed by atoms with Crippen LogP contribution in [0.1, 0.15) is 24.4 Å². The van der Waals surface area contributed by atoms with Crippen molar-refractivity contribution in [3.8, 4) is 5.75 Å². The zero-order valence-corrected chi connectivity index (χ0v) is 16.4. The number of anilines is 1. The highest BCUT2D eigenvalue weighted by atomic mass is 16.6. The van der Waals surface area contributed by atoms with Crippen LogP contribution >= 0.6 is 0 Å². The van der Waals surface area contributed by atoms with Gasteiger partial charge in [-0.05, 0) is 61.8 Å². The smallest absolute Gasteiger partial charge is 0.278 e. The summed E-state index contributed by atoms with van der Waals surface area (Å²) in [6, 6.07) is 15.2. The molecular formula is C22H24N4O3. The van der Waals surface area contributed by atoms with Gasteiger partial charge in [0.05, 0.1) is 29.1 Å². The number of fused-ring (bicyclic) bond motifs is 1. The van der Waals surface area contributed by atoms with Gasteiger partial charge >= 0.3 is 0 Å². The van der Waals surface area contributed by atoms with Gasteiger partial charge in [0.1, 0.15) is 11.3 Å². The fourth-order valence-electron chi connectivity index (χ4n) is 4.00. The maximum atomic E-state index is 11.3. The minimum atomic E-state index is -0.363. The van der Waals surface area contributed by atoms with E-state index >= 15 is 0 Å². The molecule has 0 spiro atoms. The number of non-ortho nitro benzene ring substituents is 1. The number of nitro benzene ring substituents is 1. The Hall–Kier alpha value is -3.19. The van der Waals surface area contributed by atoms with E-state index in [4.69, 9.17) is 4.74 Å². The van der Waals surface area contributed by atoms with Gasteiger partial charge in [-0.25, -0.2) is 0 Å². The van der Waals surface area contributed by atoms with E-state index in [1.165, 1.54) is 18.4 Å². The molecule has 150 valence electrons. The maximum absolute atomic E-state index is 11.3. The number of nitrogens with one attached hydrogen (secondary N) is 1. The quantitative estimate of drug-likeness (QED) is 0.474. The van der Waals surface area contributed by atoms with E-state index in [0.717, 1.165) is 24.5 Å². The summed E-state index contributed by atoms with van der Waals surface area (Å²) < 4.78 is 5.29. The lowest BCUT2D eigenvalue weighted by molar-refractivity contribution is -0.383. The summed E-state index contributed by atoms with van der Waals surface area (Å²) in [6.45, 7) is 2.82. The lowest BCUT2D eigenvalue weighted by Crippen LogP contribution is -2.31. The van der Waals surface area contributed by atoms with Crippen LogP contribution in [0.5, 0.6) is 5.75 Å².